The Hall–Kier alpha value is -2.85. The van der Waals surface area contributed by atoms with Crippen LogP contribution in [-0.2, 0) is 10.4 Å². The molecule has 0 spiro atoms. The van der Waals surface area contributed by atoms with Gasteiger partial charge in [-0.2, -0.15) is 0 Å². The average Bonchev–Trinajstić information content (AvgIpc) is 2.95. The Bertz CT molecular complexity index is 1230. The topological polar surface area (TPSA) is 58.6 Å². The first-order valence-electron chi connectivity index (χ1n) is 11.3. The van der Waals surface area contributed by atoms with Crippen LogP contribution in [0, 0.1) is 26.7 Å². The minimum Gasteiger partial charge on any atom is -0.483 e. The van der Waals surface area contributed by atoms with Crippen LogP contribution in [0.1, 0.15) is 61.9 Å². The number of benzene rings is 3. The quantitative estimate of drug-likeness (QED) is 0.520. The van der Waals surface area contributed by atoms with E-state index in [-0.39, 0.29) is 11.8 Å². The van der Waals surface area contributed by atoms with E-state index in [1.165, 1.54) is 0 Å². The molecule has 0 fully saturated rings. The minimum atomic E-state index is -1.37. The third-order valence-electron chi connectivity index (χ3n) is 6.87. The SMILES string of the molecule is Cc1c(C)c2c(c(C)c1NC(=O)CC(C)C)C(O)(c1ccc3ccccc3c1)C(C)(C)O2. The first kappa shape index (κ1) is 22.3. The van der Waals surface area contributed by atoms with Gasteiger partial charge in [-0.05, 0) is 79.6 Å². The second-order valence-corrected chi connectivity index (χ2v) is 9.98. The highest BCUT2D eigenvalue weighted by atomic mass is 16.5. The predicted octanol–water partition coefficient (Wildman–Crippen LogP) is 6.16. The van der Waals surface area contributed by atoms with E-state index in [2.05, 4.69) is 17.4 Å². The van der Waals surface area contributed by atoms with Crippen LogP contribution >= 0.6 is 0 Å². The molecule has 0 saturated carbocycles. The van der Waals surface area contributed by atoms with Crippen LogP contribution in [0.3, 0.4) is 0 Å². The first-order valence-corrected chi connectivity index (χ1v) is 11.3. The maximum absolute atomic E-state index is 12.6. The molecule has 0 aliphatic carbocycles. The van der Waals surface area contributed by atoms with Gasteiger partial charge in [0.25, 0.3) is 0 Å². The summed E-state index contributed by atoms with van der Waals surface area (Å²) in [5, 5.41) is 17.7. The summed E-state index contributed by atoms with van der Waals surface area (Å²) >= 11 is 0. The largest absolute Gasteiger partial charge is 0.483 e. The molecule has 1 atom stereocenters. The third-order valence-corrected chi connectivity index (χ3v) is 6.87. The van der Waals surface area contributed by atoms with E-state index in [0.29, 0.717) is 12.2 Å². The number of carbonyl (C=O) groups excluding carboxylic acids is 1. The number of rotatable bonds is 4. The third kappa shape index (κ3) is 3.29. The van der Waals surface area contributed by atoms with Crippen LogP contribution in [0.5, 0.6) is 5.75 Å². The molecule has 0 radical (unpaired) electrons. The Balaban J connectivity index is 1.94. The fourth-order valence-electron chi connectivity index (χ4n) is 4.97. The molecule has 1 aliphatic rings. The van der Waals surface area contributed by atoms with Crippen LogP contribution in [0.15, 0.2) is 42.5 Å². The van der Waals surface area contributed by atoms with Crippen molar-refractivity contribution in [1.29, 1.82) is 0 Å². The number of fused-ring (bicyclic) bond motifs is 2. The zero-order valence-corrected chi connectivity index (χ0v) is 20.1. The van der Waals surface area contributed by atoms with Crippen LogP contribution in [0.2, 0.25) is 0 Å². The van der Waals surface area contributed by atoms with E-state index in [4.69, 9.17) is 4.74 Å². The second-order valence-electron chi connectivity index (χ2n) is 9.98. The molecule has 2 N–H and O–H groups in total. The number of aliphatic hydroxyl groups is 1. The molecular formula is C28H33NO3. The summed E-state index contributed by atoms with van der Waals surface area (Å²) in [5.41, 5.74) is 2.79. The highest BCUT2D eigenvalue weighted by Crippen LogP contribution is 2.56. The van der Waals surface area contributed by atoms with Gasteiger partial charge in [0.1, 0.15) is 11.4 Å². The summed E-state index contributed by atoms with van der Waals surface area (Å²) in [6, 6.07) is 14.2. The molecule has 1 aliphatic heterocycles. The van der Waals surface area contributed by atoms with Crippen LogP contribution in [0.25, 0.3) is 10.8 Å². The van der Waals surface area contributed by atoms with E-state index >= 15 is 0 Å². The number of hydrogen-bond donors (Lipinski definition) is 2. The Morgan fingerprint density at radius 3 is 2.31 bits per heavy atom. The summed E-state index contributed by atoms with van der Waals surface area (Å²) in [5.74, 6) is 0.962. The van der Waals surface area contributed by atoms with Crippen LogP contribution < -0.4 is 10.1 Å². The summed E-state index contributed by atoms with van der Waals surface area (Å²) in [6.45, 7) is 13.9. The van der Waals surface area contributed by atoms with Crippen molar-refractivity contribution in [2.24, 2.45) is 5.92 Å². The molecule has 1 amide bonds. The molecule has 0 aromatic heterocycles. The van der Waals surface area contributed by atoms with Gasteiger partial charge in [-0.1, -0.05) is 50.2 Å². The molecule has 32 heavy (non-hydrogen) atoms. The lowest BCUT2D eigenvalue weighted by atomic mass is 9.73. The summed E-state index contributed by atoms with van der Waals surface area (Å²) in [4.78, 5) is 12.6. The molecule has 4 nitrogen and oxygen atoms in total. The average molecular weight is 432 g/mol. The van der Waals surface area contributed by atoms with E-state index < -0.39 is 11.2 Å². The van der Waals surface area contributed by atoms with Gasteiger partial charge >= 0.3 is 0 Å². The smallest absolute Gasteiger partial charge is 0.224 e. The summed E-state index contributed by atoms with van der Waals surface area (Å²) in [6.07, 6.45) is 0.450. The zero-order chi connectivity index (χ0) is 23.4. The number of nitrogens with one attached hydrogen (secondary N) is 1. The van der Waals surface area contributed by atoms with Gasteiger partial charge < -0.3 is 15.2 Å². The van der Waals surface area contributed by atoms with Gasteiger partial charge in [0.15, 0.2) is 5.60 Å². The Morgan fingerprint density at radius 2 is 1.66 bits per heavy atom. The highest BCUT2D eigenvalue weighted by Gasteiger charge is 2.57. The van der Waals surface area contributed by atoms with Crippen LogP contribution in [-0.4, -0.2) is 16.6 Å². The van der Waals surface area contributed by atoms with Gasteiger partial charge in [-0.25, -0.2) is 0 Å². The lowest BCUT2D eigenvalue weighted by molar-refractivity contribution is -0.116. The highest BCUT2D eigenvalue weighted by molar-refractivity contribution is 5.94. The van der Waals surface area contributed by atoms with Crippen molar-refractivity contribution in [2.75, 3.05) is 5.32 Å². The van der Waals surface area contributed by atoms with E-state index in [1.807, 2.05) is 78.8 Å². The van der Waals surface area contributed by atoms with Gasteiger partial charge in [0.2, 0.25) is 5.91 Å². The first-order chi connectivity index (χ1) is 15.0. The number of hydrogen-bond acceptors (Lipinski definition) is 3. The fraction of sp³-hybridized carbons (Fsp3) is 0.393. The monoisotopic (exact) mass is 431 g/mol. The molecule has 3 aromatic rings. The van der Waals surface area contributed by atoms with Crippen molar-refractivity contribution >= 4 is 22.4 Å². The Morgan fingerprint density at radius 1 is 1.00 bits per heavy atom. The molecule has 3 aromatic carbocycles. The number of amides is 1. The summed E-state index contributed by atoms with van der Waals surface area (Å²) in [7, 11) is 0. The lowest BCUT2D eigenvalue weighted by Gasteiger charge is -2.36. The maximum atomic E-state index is 12.6. The summed E-state index contributed by atoms with van der Waals surface area (Å²) < 4.78 is 6.43. The Kier molecular flexibility index (Phi) is 5.33. The fourth-order valence-corrected chi connectivity index (χ4v) is 4.97. The molecule has 4 heteroatoms. The molecule has 0 saturated heterocycles. The zero-order valence-electron chi connectivity index (χ0n) is 20.1. The van der Waals surface area contributed by atoms with E-state index in [9.17, 15) is 9.90 Å². The van der Waals surface area contributed by atoms with Crippen molar-refractivity contribution in [3.05, 3.63) is 70.3 Å². The van der Waals surface area contributed by atoms with E-state index in [1.54, 1.807) is 0 Å². The Labute approximate surface area is 190 Å². The molecule has 1 unspecified atom stereocenters. The van der Waals surface area contributed by atoms with Gasteiger partial charge in [0, 0.05) is 17.7 Å². The van der Waals surface area contributed by atoms with Gasteiger partial charge in [-0.3, -0.25) is 4.79 Å². The van der Waals surface area contributed by atoms with Crippen molar-refractivity contribution in [3.8, 4) is 5.75 Å². The molecular weight excluding hydrogens is 398 g/mol. The van der Waals surface area contributed by atoms with Crippen molar-refractivity contribution in [2.45, 2.75) is 66.1 Å². The molecule has 4 rings (SSSR count). The molecule has 0 bridgehead atoms. The van der Waals surface area contributed by atoms with Crippen molar-refractivity contribution < 1.29 is 14.6 Å². The van der Waals surface area contributed by atoms with Crippen LogP contribution in [0.4, 0.5) is 5.69 Å². The van der Waals surface area contributed by atoms with Gasteiger partial charge in [0.05, 0.1) is 0 Å². The van der Waals surface area contributed by atoms with Crippen molar-refractivity contribution in [1.82, 2.24) is 0 Å². The normalized spacial score (nSPS) is 19.2. The minimum absolute atomic E-state index is 0.0158. The van der Waals surface area contributed by atoms with Gasteiger partial charge in [-0.15, -0.1) is 0 Å². The molecule has 168 valence electrons. The standard InChI is InChI=1S/C28H33NO3/c1-16(2)14-23(30)29-25-17(3)18(4)26-24(19(25)5)28(31,27(6,7)32-26)22-13-12-20-10-8-9-11-21(20)15-22/h8-13,15-16,31H,14H2,1-7H3,(H,29,30). The second kappa shape index (κ2) is 7.63. The maximum Gasteiger partial charge on any atom is 0.224 e. The molecule has 1 heterocycles. The van der Waals surface area contributed by atoms with Crippen molar-refractivity contribution in [3.63, 3.8) is 0 Å². The van der Waals surface area contributed by atoms with E-state index in [0.717, 1.165) is 44.3 Å². The lowest BCUT2D eigenvalue weighted by Crippen LogP contribution is -2.47. The number of anilines is 1. The number of ether oxygens (including phenoxy) is 1. The number of carbonyl (C=O) groups is 1. The predicted molar refractivity (Wildman–Crippen MR) is 130 cm³/mol.